The van der Waals surface area contributed by atoms with E-state index in [2.05, 4.69) is 0 Å². The Kier molecular flexibility index (Phi) is 37.3. The summed E-state index contributed by atoms with van der Waals surface area (Å²) in [6.07, 6.45) is 6.17. The highest BCUT2D eigenvalue weighted by Gasteiger charge is 2.36. The number of aliphatic carboxylic acids is 5. The van der Waals surface area contributed by atoms with Gasteiger partial charge in [-0.25, -0.2) is 9.59 Å². The zero-order valence-corrected chi connectivity index (χ0v) is 59.3. The van der Waals surface area contributed by atoms with E-state index in [4.69, 9.17) is 35.7 Å². The number of hydrogen-bond donors (Lipinski definition) is 7. The molecule has 0 aliphatic heterocycles. The molecule has 28 heteroatoms. The summed E-state index contributed by atoms with van der Waals surface area (Å²) in [4.78, 5) is 158. The van der Waals surface area contributed by atoms with E-state index < -0.39 is 54.1 Å². The Morgan fingerprint density at radius 1 is 0.370 bits per heavy atom. The lowest BCUT2D eigenvalue weighted by Gasteiger charge is -2.26. The third-order valence-electron chi connectivity index (χ3n) is 13.9. The van der Waals surface area contributed by atoms with Crippen molar-refractivity contribution in [1.82, 2.24) is 0 Å². The number of thiophene rings is 7. The molecule has 7 aromatic heterocycles. The highest BCUT2D eigenvalue weighted by molar-refractivity contribution is 7.13. The Hall–Kier alpha value is -9.68. The fraction of sp³-hybridized carbons (Fsp3) is 0.250. The van der Waals surface area contributed by atoms with E-state index in [-0.39, 0.29) is 89.1 Å². The monoisotopic (exact) mass is 1490 g/mol. The first-order valence-corrected chi connectivity index (χ1v) is 36.7. The number of aromatic carboxylic acids is 2. The molecule has 1 saturated carbocycles. The lowest BCUT2D eigenvalue weighted by molar-refractivity contribution is -0.144. The molecule has 100 heavy (non-hydrogen) atoms. The number of carbonyl (C=O) groups is 14. The molecular weight excluding hydrogens is 1430 g/mol. The second-order valence-corrected chi connectivity index (χ2v) is 28.0. The van der Waals surface area contributed by atoms with E-state index in [9.17, 15) is 67.1 Å². The highest BCUT2D eigenvalue weighted by atomic mass is 32.1. The van der Waals surface area contributed by atoms with Crippen molar-refractivity contribution < 1.29 is 103 Å². The van der Waals surface area contributed by atoms with Crippen LogP contribution in [-0.2, 0) is 24.0 Å². The van der Waals surface area contributed by atoms with Gasteiger partial charge in [-0.1, -0.05) is 86.8 Å². The Bertz CT molecular complexity index is 4060. The second-order valence-electron chi connectivity index (χ2n) is 21.5. The average molecular weight is 1500 g/mol. The van der Waals surface area contributed by atoms with Crippen LogP contribution >= 0.6 is 79.4 Å². The van der Waals surface area contributed by atoms with Gasteiger partial charge in [0.2, 0.25) is 11.6 Å². The summed E-state index contributed by atoms with van der Waals surface area (Å²) < 4.78 is 0. The molecule has 10 rings (SSSR count). The number of benzene rings is 2. The van der Waals surface area contributed by atoms with Gasteiger partial charge in [0, 0.05) is 60.1 Å². The minimum atomic E-state index is -1.08. The van der Waals surface area contributed by atoms with Crippen LogP contribution in [0.5, 0.6) is 0 Å². The summed E-state index contributed by atoms with van der Waals surface area (Å²) >= 11 is 9.65. The molecule has 1 aliphatic carbocycles. The molecule has 7 heterocycles. The van der Waals surface area contributed by atoms with E-state index in [0.717, 1.165) is 30.6 Å². The van der Waals surface area contributed by atoms with Gasteiger partial charge in [0.25, 0.3) is 0 Å². The molecule has 0 bridgehead atoms. The van der Waals surface area contributed by atoms with Crippen molar-refractivity contribution in [3.05, 3.63) is 228 Å². The number of carbonyl (C=O) groups excluding carboxylic acids is 7. The molecule has 21 nitrogen and oxygen atoms in total. The molecule has 1 aliphatic rings. The third kappa shape index (κ3) is 31.0. The van der Waals surface area contributed by atoms with Crippen molar-refractivity contribution in [2.24, 2.45) is 17.8 Å². The SMILES string of the molecule is CC(CC(=O)O)CC(=O)c1cccs1.O=C(O)C1CCCCC1C(=O)c1cccs1.O=C(O)CC(=O)c1cccs1.O=C(O)CCC(=O)c1ccsc1.O=C(O)CCCCCC(=O)c1cccs1.O=C(O)c1ccc(C(=O)c2cccs2)cc1.O=C(O)c1cccc(C(=O)c2cccs2)c1. The standard InChI is InChI=1S/2C12H8O3S.C12H14O3S.C11H14O3S.C10H12O3S.C8H8O3S.C7H6O3S/c13-11(10-5-2-6-16-10)8-3-1-4-9(7-8)12(14)15;13-11(10-2-1-7-16-10)8-3-5-9(6-4-8)12(14)15;13-11(10-6-3-7-16-10)8-4-1-2-5-9(8)12(14)15;12-9(10-6-4-8-15-10)5-2-1-3-7-11(13)14;1-7(6-10(12)13)5-8(11)9-3-2-4-14-9;9-7(1-2-8(10)11)6-3-4-12-5-6;8-5(4-7(9)10)6-2-1-3-11-6/h2*1-7H,(H,14,15);3,6-9H,1-2,4-5H2,(H,14,15);4,6,8H,1-3,5,7H2,(H,13,14);2-4,7H,5-6H2,1H3,(H,12,13);3-5H,1-2H2,(H,10,11);1-3H,4H2,(H,9,10). The molecule has 0 amide bonds. The molecule has 2 aromatic carbocycles. The lowest BCUT2D eigenvalue weighted by Crippen LogP contribution is -2.32. The third-order valence-corrected chi connectivity index (χ3v) is 19.9. The zero-order valence-electron chi connectivity index (χ0n) is 53.6. The van der Waals surface area contributed by atoms with E-state index in [1.54, 1.807) is 83.7 Å². The normalized spacial score (nSPS) is 12.7. The Balaban J connectivity index is 0.000000249. The van der Waals surface area contributed by atoms with Gasteiger partial charge in [-0.05, 0) is 136 Å². The van der Waals surface area contributed by atoms with E-state index in [0.29, 0.717) is 73.2 Å². The topological polar surface area (TPSA) is 381 Å². The van der Waals surface area contributed by atoms with Crippen LogP contribution in [0.15, 0.2) is 170 Å². The van der Waals surface area contributed by atoms with Crippen molar-refractivity contribution in [3.8, 4) is 0 Å². The van der Waals surface area contributed by atoms with Crippen LogP contribution < -0.4 is 0 Å². The van der Waals surface area contributed by atoms with Crippen LogP contribution in [-0.4, -0.2) is 118 Å². The van der Waals surface area contributed by atoms with E-state index >= 15 is 0 Å². The van der Waals surface area contributed by atoms with Gasteiger partial charge in [0.1, 0.15) is 6.42 Å². The Labute approximate surface area is 602 Å². The first-order chi connectivity index (χ1) is 47.7. The van der Waals surface area contributed by atoms with Crippen molar-refractivity contribution in [1.29, 1.82) is 0 Å². The minimum Gasteiger partial charge on any atom is -0.481 e. The minimum absolute atomic E-state index is 0.0158. The number of hydrogen-bond acceptors (Lipinski definition) is 21. The summed E-state index contributed by atoms with van der Waals surface area (Å²) in [7, 11) is 0. The highest BCUT2D eigenvalue weighted by Crippen LogP contribution is 2.34. The number of ketones is 7. The van der Waals surface area contributed by atoms with Crippen LogP contribution in [0.1, 0.15) is 197 Å². The average Bonchev–Trinajstić information content (AvgIpc) is 1.17. The van der Waals surface area contributed by atoms with Crippen molar-refractivity contribution in [3.63, 3.8) is 0 Å². The van der Waals surface area contributed by atoms with Crippen LogP contribution in [0.3, 0.4) is 0 Å². The van der Waals surface area contributed by atoms with E-state index in [1.165, 1.54) is 116 Å². The van der Waals surface area contributed by atoms with Crippen molar-refractivity contribution in [2.45, 2.75) is 96.8 Å². The first kappa shape index (κ1) is 82.7. The quantitative estimate of drug-likeness (QED) is 0.0136. The summed E-state index contributed by atoms with van der Waals surface area (Å²) in [6.45, 7) is 1.78. The molecular formula is C72H70O21S7. The van der Waals surface area contributed by atoms with Crippen LogP contribution in [0.2, 0.25) is 0 Å². The zero-order chi connectivity index (χ0) is 73.5. The maximum atomic E-state index is 12.1. The van der Waals surface area contributed by atoms with Gasteiger partial charge in [-0.3, -0.25) is 57.5 Å². The van der Waals surface area contributed by atoms with E-state index in [1.807, 2.05) is 57.2 Å². The van der Waals surface area contributed by atoms with Gasteiger partial charge in [0.15, 0.2) is 28.9 Å². The number of rotatable bonds is 28. The smallest absolute Gasteiger partial charge is 0.335 e. The number of carboxylic acid groups (broad SMARTS) is 7. The van der Waals surface area contributed by atoms with Gasteiger partial charge in [0.05, 0.1) is 52.7 Å². The molecule has 9 aromatic rings. The largest absolute Gasteiger partial charge is 0.481 e. The summed E-state index contributed by atoms with van der Waals surface area (Å²) in [5.41, 5.74) is 1.83. The maximum Gasteiger partial charge on any atom is 0.335 e. The van der Waals surface area contributed by atoms with Crippen molar-refractivity contribution >= 4 is 162 Å². The Morgan fingerprint density at radius 2 is 0.820 bits per heavy atom. The second kappa shape index (κ2) is 45.1. The molecule has 1 fully saturated rings. The van der Waals surface area contributed by atoms with Gasteiger partial charge in [-0.15, -0.1) is 68.0 Å². The predicted molar refractivity (Wildman–Crippen MR) is 385 cm³/mol. The van der Waals surface area contributed by atoms with Gasteiger partial charge < -0.3 is 35.7 Å². The lowest BCUT2D eigenvalue weighted by atomic mass is 9.76. The first-order valence-electron chi connectivity index (χ1n) is 30.5. The van der Waals surface area contributed by atoms with Crippen LogP contribution in [0.25, 0.3) is 0 Å². The summed E-state index contributed by atoms with van der Waals surface area (Å²) in [5, 5.41) is 74.6. The fourth-order valence-corrected chi connectivity index (χ4v) is 13.8. The summed E-state index contributed by atoms with van der Waals surface area (Å²) in [5.74, 6) is -7.79. The number of Topliss-reactive ketones (excluding diaryl/α,β-unsaturated/α-hetero) is 5. The molecule has 7 N–H and O–H groups in total. The molecule has 3 unspecified atom stereocenters. The van der Waals surface area contributed by atoms with Gasteiger partial charge >= 0.3 is 41.8 Å². The van der Waals surface area contributed by atoms with Crippen molar-refractivity contribution in [2.75, 3.05) is 0 Å². The molecule has 526 valence electrons. The predicted octanol–water partition coefficient (Wildman–Crippen LogP) is 16.8. The number of carboxylic acids is 7. The van der Waals surface area contributed by atoms with Crippen LogP contribution in [0.4, 0.5) is 0 Å². The van der Waals surface area contributed by atoms with Gasteiger partial charge in [-0.2, -0.15) is 11.3 Å². The Morgan fingerprint density at radius 3 is 1.27 bits per heavy atom. The molecule has 3 atom stereocenters. The maximum absolute atomic E-state index is 12.1. The molecule has 0 saturated heterocycles. The fourth-order valence-electron chi connectivity index (χ4n) is 8.97. The van der Waals surface area contributed by atoms with Crippen LogP contribution in [0, 0.1) is 17.8 Å². The molecule has 0 radical (unpaired) electrons. The molecule has 0 spiro atoms. The summed E-state index contributed by atoms with van der Waals surface area (Å²) in [6, 6.07) is 35.0. The number of unbranched alkanes of at least 4 members (excludes halogenated alkanes) is 2.